The Balaban J connectivity index is 1.81. The van der Waals surface area contributed by atoms with Crippen LogP contribution in [-0.4, -0.2) is 52.4 Å². The molecule has 2 N–H and O–H groups in total. The topological polar surface area (TPSA) is 105 Å². The van der Waals surface area contributed by atoms with Crippen LogP contribution in [0.1, 0.15) is 6.42 Å². The number of nitrogens with zero attached hydrogens (tertiary/aromatic N) is 1. The van der Waals surface area contributed by atoms with E-state index in [4.69, 9.17) is 4.74 Å². The van der Waals surface area contributed by atoms with Crippen LogP contribution in [0.4, 0.5) is 14.5 Å². The molecule has 0 spiro atoms. The first kappa shape index (κ1) is 23.2. The zero-order valence-electron chi connectivity index (χ0n) is 16.3. The van der Waals surface area contributed by atoms with E-state index in [1.54, 1.807) is 24.3 Å². The van der Waals surface area contributed by atoms with Gasteiger partial charge in [0.25, 0.3) is 0 Å². The Labute approximate surface area is 172 Å². The Bertz CT molecular complexity index is 1010. The number of methoxy groups -OCH3 is 1. The summed E-state index contributed by atoms with van der Waals surface area (Å²) in [5.41, 5.74) is 0.529. The van der Waals surface area contributed by atoms with Crippen molar-refractivity contribution in [2.45, 2.75) is 11.3 Å². The molecular formula is C19H21F2N3O5S. The number of hydrogen-bond donors (Lipinski definition) is 2. The van der Waals surface area contributed by atoms with E-state index in [1.165, 1.54) is 14.2 Å². The summed E-state index contributed by atoms with van der Waals surface area (Å²) >= 11 is 0. The molecule has 2 aromatic rings. The summed E-state index contributed by atoms with van der Waals surface area (Å²) in [6, 6.07) is 8.79. The Kier molecular flexibility index (Phi) is 7.84. The fourth-order valence-electron chi connectivity index (χ4n) is 2.39. The highest BCUT2D eigenvalue weighted by atomic mass is 32.2. The van der Waals surface area contributed by atoms with Gasteiger partial charge in [0, 0.05) is 25.7 Å². The fourth-order valence-corrected chi connectivity index (χ4v) is 3.43. The molecule has 0 saturated carbocycles. The Morgan fingerprint density at radius 1 is 1.07 bits per heavy atom. The molecule has 30 heavy (non-hydrogen) atoms. The summed E-state index contributed by atoms with van der Waals surface area (Å²) < 4.78 is 57.4. The van der Waals surface area contributed by atoms with Gasteiger partial charge < -0.3 is 15.0 Å². The van der Waals surface area contributed by atoms with Crippen LogP contribution in [-0.2, 0) is 19.6 Å². The van der Waals surface area contributed by atoms with Gasteiger partial charge in [-0.15, -0.1) is 0 Å². The summed E-state index contributed by atoms with van der Waals surface area (Å²) in [6.45, 7) is -0.509. The number of ether oxygens (including phenoxy) is 1. The minimum atomic E-state index is -4.11. The first-order valence-corrected chi connectivity index (χ1v) is 10.2. The molecule has 0 unspecified atom stereocenters. The maximum atomic E-state index is 13.2. The highest BCUT2D eigenvalue weighted by Crippen LogP contribution is 2.15. The number of carbonyl (C=O) groups is 2. The van der Waals surface area contributed by atoms with E-state index in [0.717, 1.165) is 11.0 Å². The second-order valence-electron chi connectivity index (χ2n) is 6.25. The molecule has 0 heterocycles. The predicted octanol–water partition coefficient (Wildman–Crippen LogP) is 1.74. The molecule has 2 aromatic carbocycles. The number of amides is 2. The van der Waals surface area contributed by atoms with E-state index in [-0.39, 0.29) is 19.5 Å². The van der Waals surface area contributed by atoms with E-state index in [9.17, 15) is 26.8 Å². The predicted molar refractivity (Wildman–Crippen MR) is 105 cm³/mol. The minimum absolute atomic E-state index is 0.227. The lowest BCUT2D eigenvalue weighted by Gasteiger charge is -2.17. The normalized spacial score (nSPS) is 11.1. The lowest BCUT2D eigenvalue weighted by molar-refractivity contribution is -0.133. The Morgan fingerprint density at radius 2 is 1.73 bits per heavy atom. The highest BCUT2D eigenvalue weighted by molar-refractivity contribution is 7.89. The van der Waals surface area contributed by atoms with Gasteiger partial charge in [-0.25, -0.2) is 21.9 Å². The van der Waals surface area contributed by atoms with Crippen molar-refractivity contribution in [3.8, 4) is 5.75 Å². The molecule has 2 amide bonds. The Morgan fingerprint density at radius 3 is 2.33 bits per heavy atom. The summed E-state index contributed by atoms with van der Waals surface area (Å²) in [7, 11) is -1.18. The molecule has 0 aromatic heterocycles. The number of carbonyl (C=O) groups excluding carboxylic acids is 2. The SMILES string of the molecule is COc1ccc(NC(=O)CN(C)C(=O)CCNS(=O)(=O)c2ccc(F)c(F)c2)cc1. The second-order valence-corrected chi connectivity index (χ2v) is 8.02. The van der Waals surface area contributed by atoms with Crippen LogP contribution < -0.4 is 14.8 Å². The summed E-state index contributed by atoms with van der Waals surface area (Å²) in [5, 5.41) is 2.62. The molecule has 0 saturated heterocycles. The van der Waals surface area contributed by atoms with Crippen LogP contribution in [0.15, 0.2) is 47.4 Å². The van der Waals surface area contributed by atoms with Crippen molar-refractivity contribution < 1.29 is 31.5 Å². The number of halogens is 2. The third-order valence-corrected chi connectivity index (χ3v) is 5.47. The Hall–Kier alpha value is -3.05. The van der Waals surface area contributed by atoms with Crippen molar-refractivity contribution in [2.24, 2.45) is 0 Å². The summed E-state index contributed by atoms with van der Waals surface area (Å²) in [5.74, 6) is -2.74. The molecule has 0 radical (unpaired) electrons. The van der Waals surface area contributed by atoms with Gasteiger partial charge in [-0.05, 0) is 42.5 Å². The minimum Gasteiger partial charge on any atom is -0.497 e. The molecule has 0 fully saturated rings. The molecule has 0 atom stereocenters. The average Bonchev–Trinajstić information content (AvgIpc) is 2.70. The molecule has 0 aliphatic rings. The molecular weight excluding hydrogens is 420 g/mol. The lowest BCUT2D eigenvalue weighted by atomic mass is 10.3. The number of rotatable bonds is 9. The van der Waals surface area contributed by atoms with Crippen molar-refractivity contribution in [2.75, 3.05) is 32.6 Å². The van der Waals surface area contributed by atoms with Crippen molar-refractivity contribution in [3.05, 3.63) is 54.1 Å². The summed E-state index contributed by atoms with van der Waals surface area (Å²) in [6.07, 6.45) is -0.227. The van der Waals surface area contributed by atoms with Gasteiger partial charge in [0.2, 0.25) is 21.8 Å². The van der Waals surface area contributed by atoms with Crippen LogP contribution in [0.2, 0.25) is 0 Å². The monoisotopic (exact) mass is 441 g/mol. The van der Waals surface area contributed by atoms with E-state index in [0.29, 0.717) is 23.6 Å². The van der Waals surface area contributed by atoms with Crippen molar-refractivity contribution in [1.29, 1.82) is 0 Å². The van der Waals surface area contributed by atoms with Crippen LogP contribution >= 0.6 is 0 Å². The van der Waals surface area contributed by atoms with Crippen molar-refractivity contribution in [3.63, 3.8) is 0 Å². The standard InChI is InChI=1S/C19H21F2N3O5S/c1-24(12-18(25)23-13-3-5-14(29-2)6-4-13)19(26)9-10-22-30(27,28)15-7-8-16(20)17(21)11-15/h3-8,11,22H,9-10,12H2,1-2H3,(H,23,25). The van der Waals surface area contributed by atoms with Crippen LogP contribution in [0.5, 0.6) is 5.75 Å². The first-order chi connectivity index (χ1) is 14.1. The number of likely N-dealkylation sites (N-methyl/N-ethyl adjacent to an activating group) is 1. The number of sulfonamides is 1. The van der Waals surface area contributed by atoms with Gasteiger partial charge >= 0.3 is 0 Å². The number of hydrogen-bond acceptors (Lipinski definition) is 5. The van der Waals surface area contributed by atoms with E-state index in [1.807, 2.05) is 0 Å². The van der Waals surface area contributed by atoms with Crippen molar-refractivity contribution in [1.82, 2.24) is 9.62 Å². The number of anilines is 1. The summed E-state index contributed by atoms with van der Waals surface area (Å²) in [4.78, 5) is 24.9. The third kappa shape index (κ3) is 6.49. The molecule has 0 aliphatic carbocycles. The molecule has 0 aliphatic heterocycles. The van der Waals surface area contributed by atoms with E-state index < -0.39 is 38.4 Å². The highest BCUT2D eigenvalue weighted by Gasteiger charge is 2.18. The molecule has 162 valence electrons. The van der Waals surface area contributed by atoms with Crippen LogP contribution in [0, 0.1) is 11.6 Å². The van der Waals surface area contributed by atoms with Gasteiger partial charge in [-0.2, -0.15) is 0 Å². The van der Waals surface area contributed by atoms with Gasteiger partial charge in [-0.3, -0.25) is 9.59 Å². The maximum Gasteiger partial charge on any atom is 0.243 e. The number of nitrogens with one attached hydrogen (secondary N) is 2. The first-order valence-electron chi connectivity index (χ1n) is 8.75. The zero-order valence-corrected chi connectivity index (χ0v) is 17.1. The third-order valence-electron chi connectivity index (χ3n) is 4.01. The van der Waals surface area contributed by atoms with Gasteiger partial charge in [0.05, 0.1) is 18.6 Å². The molecule has 0 bridgehead atoms. The van der Waals surface area contributed by atoms with Gasteiger partial charge in [0.1, 0.15) is 5.75 Å². The quantitative estimate of drug-likeness (QED) is 0.617. The fraction of sp³-hybridized carbons (Fsp3) is 0.263. The van der Waals surface area contributed by atoms with Gasteiger partial charge in [-0.1, -0.05) is 0 Å². The van der Waals surface area contributed by atoms with Crippen LogP contribution in [0.3, 0.4) is 0 Å². The maximum absolute atomic E-state index is 13.2. The van der Waals surface area contributed by atoms with E-state index >= 15 is 0 Å². The molecule has 2 rings (SSSR count). The lowest BCUT2D eigenvalue weighted by Crippen LogP contribution is -2.37. The second kappa shape index (κ2) is 10.1. The largest absolute Gasteiger partial charge is 0.497 e. The smallest absolute Gasteiger partial charge is 0.243 e. The van der Waals surface area contributed by atoms with Gasteiger partial charge in [0.15, 0.2) is 11.6 Å². The van der Waals surface area contributed by atoms with Crippen LogP contribution in [0.25, 0.3) is 0 Å². The molecule has 8 nitrogen and oxygen atoms in total. The van der Waals surface area contributed by atoms with E-state index in [2.05, 4.69) is 10.0 Å². The molecule has 11 heteroatoms. The average molecular weight is 441 g/mol. The zero-order chi connectivity index (χ0) is 22.3. The number of benzene rings is 2. The van der Waals surface area contributed by atoms with Crippen molar-refractivity contribution >= 4 is 27.5 Å².